The summed E-state index contributed by atoms with van der Waals surface area (Å²) in [5.74, 6) is 1.70. The lowest BCUT2D eigenvalue weighted by molar-refractivity contribution is -0.0324. The van der Waals surface area contributed by atoms with Gasteiger partial charge in [0.25, 0.3) is 0 Å². The second-order valence-electron chi connectivity index (χ2n) is 7.47. The maximum Gasteiger partial charge on any atom is 0.119 e. The molecule has 0 N–H and O–H groups in total. The molecule has 1 aromatic carbocycles. The van der Waals surface area contributed by atoms with Crippen LogP contribution in [-0.4, -0.2) is 20.8 Å². The van der Waals surface area contributed by atoms with Gasteiger partial charge >= 0.3 is 0 Å². The molecule has 1 aromatic rings. The molecular weight excluding hydrogens is 260 g/mol. The number of aryl methyl sites for hydroxylation is 1. The van der Waals surface area contributed by atoms with Crippen molar-refractivity contribution in [2.75, 3.05) is 20.8 Å². The fraction of sp³-hybridized carbons (Fsp3) is 0.684. The molecule has 2 aliphatic rings. The summed E-state index contributed by atoms with van der Waals surface area (Å²) < 4.78 is 11.1. The Bertz CT molecular complexity index is 520. The van der Waals surface area contributed by atoms with E-state index in [0.29, 0.717) is 11.3 Å². The van der Waals surface area contributed by atoms with E-state index in [9.17, 15) is 0 Å². The molecule has 3 rings (SSSR count). The van der Waals surface area contributed by atoms with Crippen LogP contribution in [0.3, 0.4) is 0 Å². The van der Waals surface area contributed by atoms with Gasteiger partial charge in [0.15, 0.2) is 0 Å². The second kappa shape index (κ2) is 5.31. The van der Waals surface area contributed by atoms with Crippen LogP contribution in [0, 0.1) is 11.3 Å². The monoisotopic (exact) mass is 288 g/mol. The van der Waals surface area contributed by atoms with Gasteiger partial charge in [0.1, 0.15) is 5.75 Å². The average molecular weight is 288 g/mol. The molecule has 1 unspecified atom stereocenters. The molecule has 0 aromatic heterocycles. The van der Waals surface area contributed by atoms with E-state index in [1.165, 1.54) is 43.2 Å². The van der Waals surface area contributed by atoms with Crippen molar-refractivity contribution in [1.82, 2.24) is 0 Å². The largest absolute Gasteiger partial charge is 0.497 e. The van der Waals surface area contributed by atoms with Gasteiger partial charge in [-0.3, -0.25) is 0 Å². The smallest absolute Gasteiger partial charge is 0.119 e. The SMILES string of the molecule is COC[C@@]1(C)CCC[C@]2(C)c3cc(OC)ccc3CCC12. The zero-order valence-electron chi connectivity index (χ0n) is 13.9. The van der Waals surface area contributed by atoms with Gasteiger partial charge in [0.2, 0.25) is 0 Å². The molecule has 1 fully saturated rings. The zero-order valence-corrected chi connectivity index (χ0v) is 13.9. The predicted octanol–water partition coefficient (Wildman–Crippen LogP) is 4.35. The average Bonchev–Trinajstić information content (AvgIpc) is 2.47. The molecule has 0 bridgehead atoms. The minimum atomic E-state index is 0.271. The summed E-state index contributed by atoms with van der Waals surface area (Å²) in [7, 11) is 3.61. The van der Waals surface area contributed by atoms with E-state index < -0.39 is 0 Å². The van der Waals surface area contributed by atoms with Gasteiger partial charge in [-0.1, -0.05) is 26.3 Å². The molecule has 3 atom stereocenters. The fourth-order valence-electron chi connectivity index (χ4n) is 5.20. The zero-order chi connectivity index (χ0) is 15.1. The van der Waals surface area contributed by atoms with Crippen molar-refractivity contribution >= 4 is 0 Å². The maximum atomic E-state index is 5.59. The summed E-state index contributed by atoms with van der Waals surface area (Å²) in [4.78, 5) is 0. The third-order valence-electron chi connectivity index (χ3n) is 6.16. The highest BCUT2D eigenvalue weighted by molar-refractivity contribution is 5.43. The Balaban J connectivity index is 2.05. The van der Waals surface area contributed by atoms with Crippen molar-refractivity contribution in [2.45, 2.75) is 51.4 Å². The van der Waals surface area contributed by atoms with Crippen LogP contribution in [0.4, 0.5) is 0 Å². The second-order valence-corrected chi connectivity index (χ2v) is 7.47. The van der Waals surface area contributed by atoms with Gasteiger partial charge in [0.05, 0.1) is 13.7 Å². The summed E-state index contributed by atoms with van der Waals surface area (Å²) in [6.45, 7) is 5.79. The van der Waals surface area contributed by atoms with Crippen LogP contribution >= 0.6 is 0 Å². The minimum absolute atomic E-state index is 0.271. The van der Waals surface area contributed by atoms with Gasteiger partial charge in [0, 0.05) is 7.11 Å². The molecule has 2 aliphatic carbocycles. The Hall–Kier alpha value is -1.02. The van der Waals surface area contributed by atoms with E-state index in [1.54, 1.807) is 7.11 Å². The molecule has 0 amide bonds. The normalized spacial score (nSPS) is 35.0. The lowest BCUT2D eigenvalue weighted by atomic mass is 9.50. The fourth-order valence-corrected chi connectivity index (χ4v) is 5.20. The van der Waals surface area contributed by atoms with Gasteiger partial charge in [-0.15, -0.1) is 0 Å². The molecule has 2 nitrogen and oxygen atoms in total. The van der Waals surface area contributed by atoms with Crippen molar-refractivity contribution in [1.29, 1.82) is 0 Å². The maximum absolute atomic E-state index is 5.59. The molecule has 1 saturated carbocycles. The van der Waals surface area contributed by atoms with Crippen LogP contribution in [-0.2, 0) is 16.6 Å². The predicted molar refractivity (Wildman–Crippen MR) is 86.0 cm³/mol. The number of methoxy groups -OCH3 is 2. The molecule has 0 spiro atoms. The van der Waals surface area contributed by atoms with E-state index in [2.05, 4.69) is 32.0 Å². The molecule has 116 valence electrons. The summed E-state index contributed by atoms with van der Waals surface area (Å²) in [5.41, 5.74) is 3.63. The number of hydrogen-bond donors (Lipinski definition) is 0. The number of hydrogen-bond acceptors (Lipinski definition) is 2. The van der Waals surface area contributed by atoms with Crippen molar-refractivity contribution < 1.29 is 9.47 Å². The summed E-state index contributed by atoms with van der Waals surface area (Å²) in [6, 6.07) is 6.68. The van der Waals surface area contributed by atoms with E-state index in [-0.39, 0.29) is 5.41 Å². The summed E-state index contributed by atoms with van der Waals surface area (Å²) in [6.07, 6.45) is 6.36. The highest BCUT2D eigenvalue weighted by Crippen LogP contribution is 2.57. The van der Waals surface area contributed by atoms with Crippen LogP contribution in [0.25, 0.3) is 0 Å². The van der Waals surface area contributed by atoms with E-state index >= 15 is 0 Å². The van der Waals surface area contributed by atoms with Crippen LogP contribution in [0.5, 0.6) is 5.75 Å². The highest BCUT2D eigenvalue weighted by atomic mass is 16.5. The van der Waals surface area contributed by atoms with Crippen molar-refractivity contribution in [3.05, 3.63) is 29.3 Å². The Kier molecular flexibility index (Phi) is 3.77. The Morgan fingerprint density at radius 3 is 2.71 bits per heavy atom. The molecule has 2 heteroatoms. The lowest BCUT2D eigenvalue weighted by Crippen LogP contribution is -2.50. The number of rotatable bonds is 3. The first-order valence-electron chi connectivity index (χ1n) is 8.20. The first-order chi connectivity index (χ1) is 10.0. The van der Waals surface area contributed by atoms with Crippen LogP contribution in [0.15, 0.2) is 18.2 Å². The summed E-state index contributed by atoms with van der Waals surface area (Å²) >= 11 is 0. The quantitative estimate of drug-likeness (QED) is 0.823. The number of benzene rings is 1. The topological polar surface area (TPSA) is 18.5 Å². The molecule has 21 heavy (non-hydrogen) atoms. The third-order valence-corrected chi connectivity index (χ3v) is 6.16. The number of fused-ring (bicyclic) bond motifs is 3. The Labute approximate surface area is 128 Å². The standard InChI is InChI=1S/C19H28O2/c1-18(13-20-3)10-5-11-19(2)16-12-15(21-4)8-6-14(16)7-9-17(18)19/h6,8,12,17H,5,7,9-11,13H2,1-4H3/t17?,18-,19-/m1/s1. The highest BCUT2D eigenvalue weighted by Gasteiger charge is 2.51. The summed E-state index contributed by atoms with van der Waals surface area (Å²) in [5, 5.41) is 0. The third kappa shape index (κ3) is 2.28. The van der Waals surface area contributed by atoms with Crippen LogP contribution in [0.1, 0.15) is 50.7 Å². The molecule has 0 heterocycles. The lowest BCUT2D eigenvalue weighted by Gasteiger charge is -2.55. The van der Waals surface area contributed by atoms with Crippen LogP contribution in [0.2, 0.25) is 0 Å². The molecule has 0 aliphatic heterocycles. The Morgan fingerprint density at radius 2 is 2.00 bits per heavy atom. The first kappa shape index (κ1) is 14.9. The molecular formula is C19H28O2. The number of ether oxygens (including phenoxy) is 2. The van der Waals surface area contributed by atoms with E-state index in [4.69, 9.17) is 9.47 Å². The van der Waals surface area contributed by atoms with Crippen molar-refractivity contribution in [3.63, 3.8) is 0 Å². The molecule has 0 saturated heterocycles. The van der Waals surface area contributed by atoms with Gasteiger partial charge in [-0.05, 0) is 65.7 Å². The van der Waals surface area contributed by atoms with Crippen molar-refractivity contribution in [3.8, 4) is 5.75 Å². The van der Waals surface area contributed by atoms with Crippen molar-refractivity contribution in [2.24, 2.45) is 11.3 Å². The van der Waals surface area contributed by atoms with E-state index in [0.717, 1.165) is 12.4 Å². The Morgan fingerprint density at radius 1 is 1.19 bits per heavy atom. The van der Waals surface area contributed by atoms with Crippen LogP contribution < -0.4 is 4.74 Å². The first-order valence-corrected chi connectivity index (χ1v) is 8.20. The van der Waals surface area contributed by atoms with Gasteiger partial charge < -0.3 is 9.47 Å². The molecule has 0 radical (unpaired) electrons. The van der Waals surface area contributed by atoms with E-state index in [1.807, 2.05) is 7.11 Å². The van der Waals surface area contributed by atoms with Gasteiger partial charge in [-0.25, -0.2) is 0 Å². The van der Waals surface area contributed by atoms with Gasteiger partial charge in [-0.2, -0.15) is 0 Å². The minimum Gasteiger partial charge on any atom is -0.497 e.